The minimum atomic E-state index is 0.230. The van der Waals surface area contributed by atoms with Crippen LogP contribution < -0.4 is 5.32 Å². The highest BCUT2D eigenvalue weighted by Gasteiger charge is 2.19. The molecule has 112 valence electrons. The van der Waals surface area contributed by atoms with Crippen molar-refractivity contribution in [3.05, 3.63) is 22.4 Å². The minimum absolute atomic E-state index is 0.230. The van der Waals surface area contributed by atoms with Crippen LogP contribution in [0, 0.1) is 5.92 Å². The summed E-state index contributed by atoms with van der Waals surface area (Å²) in [5, 5.41) is 5.24. The molecule has 1 amide bonds. The molecular formula is C16H26N2OS. The summed E-state index contributed by atoms with van der Waals surface area (Å²) < 4.78 is 0. The number of piperidine rings is 1. The van der Waals surface area contributed by atoms with E-state index in [1.54, 1.807) is 0 Å². The summed E-state index contributed by atoms with van der Waals surface area (Å²) in [5.41, 5.74) is 0. The van der Waals surface area contributed by atoms with Gasteiger partial charge in [0.15, 0.2) is 0 Å². The van der Waals surface area contributed by atoms with Gasteiger partial charge in [0.1, 0.15) is 0 Å². The third kappa shape index (κ3) is 5.25. The van der Waals surface area contributed by atoms with Gasteiger partial charge in [0.05, 0.1) is 0 Å². The third-order valence-electron chi connectivity index (χ3n) is 4.01. The van der Waals surface area contributed by atoms with Crippen LogP contribution in [0.4, 0.5) is 0 Å². The van der Waals surface area contributed by atoms with Crippen LogP contribution in [0.15, 0.2) is 17.5 Å². The van der Waals surface area contributed by atoms with Crippen molar-refractivity contribution in [3.8, 4) is 0 Å². The average molecular weight is 294 g/mol. The number of carbonyl (C=O) groups is 1. The van der Waals surface area contributed by atoms with Crippen molar-refractivity contribution < 1.29 is 4.79 Å². The Labute approximate surface area is 126 Å². The molecular weight excluding hydrogens is 268 g/mol. The molecule has 1 aliphatic rings. The molecule has 1 aromatic rings. The maximum absolute atomic E-state index is 11.6. The molecule has 2 heterocycles. The number of hydrogen-bond acceptors (Lipinski definition) is 3. The van der Waals surface area contributed by atoms with Crippen molar-refractivity contribution in [2.45, 2.75) is 45.6 Å². The summed E-state index contributed by atoms with van der Waals surface area (Å²) in [4.78, 5) is 15.6. The number of rotatable bonds is 7. The first-order valence-corrected chi connectivity index (χ1v) is 8.67. The van der Waals surface area contributed by atoms with Crippen molar-refractivity contribution in [1.82, 2.24) is 10.2 Å². The Balaban J connectivity index is 1.60. The Morgan fingerprint density at radius 1 is 1.45 bits per heavy atom. The largest absolute Gasteiger partial charge is 0.356 e. The van der Waals surface area contributed by atoms with Gasteiger partial charge in [0.2, 0.25) is 5.91 Å². The van der Waals surface area contributed by atoms with Crippen LogP contribution >= 0.6 is 11.3 Å². The average Bonchev–Trinajstić information content (AvgIpc) is 2.97. The van der Waals surface area contributed by atoms with Crippen molar-refractivity contribution in [3.63, 3.8) is 0 Å². The van der Waals surface area contributed by atoms with E-state index in [9.17, 15) is 4.79 Å². The van der Waals surface area contributed by atoms with Crippen LogP contribution in [0.25, 0.3) is 0 Å². The van der Waals surface area contributed by atoms with E-state index in [1.807, 2.05) is 11.3 Å². The molecule has 1 saturated heterocycles. The van der Waals surface area contributed by atoms with Gasteiger partial charge in [-0.1, -0.05) is 19.4 Å². The van der Waals surface area contributed by atoms with Crippen molar-refractivity contribution in [1.29, 1.82) is 0 Å². The van der Waals surface area contributed by atoms with E-state index in [4.69, 9.17) is 0 Å². The SMILES string of the molecule is CCCCC(=O)NCC1CCN(Cc2cccs2)CC1. The van der Waals surface area contributed by atoms with E-state index >= 15 is 0 Å². The number of carbonyl (C=O) groups excluding carboxylic acids is 1. The maximum atomic E-state index is 11.6. The molecule has 0 radical (unpaired) electrons. The summed E-state index contributed by atoms with van der Waals surface area (Å²) >= 11 is 1.84. The zero-order valence-corrected chi connectivity index (χ0v) is 13.3. The standard InChI is InChI=1S/C16H26N2OS/c1-2-3-6-16(19)17-12-14-7-9-18(10-8-14)13-15-5-4-11-20-15/h4-5,11,14H,2-3,6-10,12-13H2,1H3,(H,17,19). The predicted molar refractivity (Wildman–Crippen MR) is 84.9 cm³/mol. The number of unbranched alkanes of at least 4 members (excludes halogenated alkanes) is 1. The molecule has 0 spiro atoms. The molecule has 1 fully saturated rings. The van der Waals surface area contributed by atoms with Crippen molar-refractivity contribution in [2.24, 2.45) is 5.92 Å². The number of amides is 1. The van der Waals surface area contributed by atoms with Crippen LogP contribution in [-0.2, 0) is 11.3 Å². The molecule has 3 nitrogen and oxygen atoms in total. The molecule has 1 aliphatic heterocycles. The number of nitrogens with one attached hydrogen (secondary N) is 1. The lowest BCUT2D eigenvalue weighted by Gasteiger charge is -2.31. The van der Waals surface area contributed by atoms with Crippen LogP contribution in [-0.4, -0.2) is 30.4 Å². The monoisotopic (exact) mass is 294 g/mol. The predicted octanol–water partition coefficient (Wildman–Crippen LogP) is 3.27. The first-order valence-electron chi connectivity index (χ1n) is 7.79. The molecule has 0 bridgehead atoms. The van der Waals surface area contributed by atoms with Gasteiger partial charge in [-0.3, -0.25) is 9.69 Å². The molecule has 0 atom stereocenters. The fourth-order valence-electron chi connectivity index (χ4n) is 2.66. The second-order valence-corrected chi connectivity index (χ2v) is 6.74. The summed E-state index contributed by atoms with van der Waals surface area (Å²) in [6.45, 7) is 6.40. The van der Waals surface area contributed by atoms with Crippen molar-refractivity contribution in [2.75, 3.05) is 19.6 Å². The van der Waals surface area contributed by atoms with E-state index in [2.05, 4.69) is 34.7 Å². The normalized spacial score (nSPS) is 17.2. The van der Waals surface area contributed by atoms with Gasteiger partial charge in [0, 0.05) is 24.4 Å². The lowest BCUT2D eigenvalue weighted by molar-refractivity contribution is -0.121. The molecule has 1 aromatic heterocycles. The summed E-state index contributed by atoms with van der Waals surface area (Å²) in [7, 11) is 0. The van der Waals surface area contributed by atoms with E-state index in [0.29, 0.717) is 12.3 Å². The van der Waals surface area contributed by atoms with Gasteiger partial charge < -0.3 is 5.32 Å². The first kappa shape index (κ1) is 15.5. The van der Waals surface area contributed by atoms with Crippen LogP contribution in [0.2, 0.25) is 0 Å². The van der Waals surface area contributed by atoms with Crippen LogP contribution in [0.5, 0.6) is 0 Å². The maximum Gasteiger partial charge on any atom is 0.220 e. The van der Waals surface area contributed by atoms with E-state index < -0.39 is 0 Å². The fraction of sp³-hybridized carbons (Fsp3) is 0.688. The quantitative estimate of drug-likeness (QED) is 0.837. The number of hydrogen-bond donors (Lipinski definition) is 1. The second-order valence-electron chi connectivity index (χ2n) is 5.71. The highest BCUT2D eigenvalue weighted by molar-refractivity contribution is 7.09. The van der Waals surface area contributed by atoms with Crippen molar-refractivity contribution >= 4 is 17.2 Å². The second kappa shape index (κ2) is 8.42. The Kier molecular flexibility index (Phi) is 6.54. The van der Waals surface area contributed by atoms with Gasteiger partial charge in [-0.2, -0.15) is 0 Å². The first-order chi connectivity index (χ1) is 9.78. The molecule has 0 aliphatic carbocycles. The lowest BCUT2D eigenvalue weighted by Crippen LogP contribution is -2.38. The fourth-order valence-corrected chi connectivity index (χ4v) is 3.40. The number of nitrogens with zero attached hydrogens (tertiary/aromatic N) is 1. The van der Waals surface area contributed by atoms with E-state index in [0.717, 1.165) is 39.0 Å². The molecule has 0 saturated carbocycles. The van der Waals surface area contributed by atoms with Crippen LogP contribution in [0.3, 0.4) is 0 Å². The molecule has 2 rings (SSSR count). The topological polar surface area (TPSA) is 32.3 Å². The highest BCUT2D eigenvalue weighted by atomic mass is 32.1. The smallest absolute Gasteiger partial charge is 0.220 e. The Morgan fingerprint density at radius 3 is 2.90 bits per heavy atom. The Hall–Kier alpha value is -0.870. The van der Waals surface area contributed by atoms with E-state index in [-0.39, 0.29) is 5.91 Å². The van der Waals surface area contributed by atoms with Gasteiger partial charge in [-0.05, 0) is 49.7 Å². The zero-order valence-electron chi connectivity index (χ0n) is 12.4. The molecule has 20 heavy (non-hydrogen) atoms. The van der Waals surface area contributed by atoms with Gasteiger partial charge >= 0.3 is 0 Å². The molecule has 4 heteroatoms. The Bertz CT molecular complexity index is 383. The minimum Gasteiger partial charge on any atom is -0.356 e. The third-order valence-corrected chi connectivity index (χ3v) is 4.87. The number of thiophene rings is 1. The molecule has 0 unspecified atom stereocenters. The van der Waals surface area contributed by atoms with Gasteiger partial charge in [-0.15, -0.1) is 11.3 Å². The van der Waals surface area contributed by atoms with Gasteiger partial charge in [0.25, 0.3) is 0 Å². The van der Waals surface area contributed by atoms with Crippen LogP contribution in [0.1, 0.15) is 43.9 Å². The highest BCUT2D eigenvalue weighted by Crippen LogP contribution is 2.20. The Morgan fingerprint density at radius 2 is 2.25 bits per heavy atom. The summed E-state index contributed by atoms with van der Waals surface area (Å²) in [5.74, 6) is 0.896. The molecule has 1 N–H and O–H groups in total. The molecule has 0 aromatic carbocycles. The van der Waals surface area contributed by atoms with E-state index in [1.165, 1.54) is 17.7 Å². The van der Waals surface area contributed by atoms with Gasteiger partial charge in [-0.25, -0.2) is 0 Å². The lowest BCUT2D eigenvalue weighted by atomic mass is 9.96. The summed E-state index contributed by atoms with van der Waals surface area (Å²) in [6.07, 6.45) is 5.20. The zero-order chi connectivity index (χ0) is 14.2. The summed E-state index contributed by atoms with van der Waals surface area (Å²) in [6, 6.07) is 4.34. The number of likely N-dealkylation sites (tertiary alicyclic amines) is 1.